The molecule has 1 aliphatic rings. The number of aliphatic hydroxyl groups excluding tert-OH is 1. The van der Waals surface area contributed by atoms with Crippen molar-refractivity contribution in [1.29, 1.82) is 0 Å². The van der Waals surface area contributed by atoms with Crippen molar-refractivity contribution in [2.24, 2.45) is 5.92 Å². The van der Waals surface area contributed by atoms with E-state index in [4.69, 9.17) is 4.74 Å². The number of aliphatic hydroxyl groups is 1. The van der Waals surface area contributed by atoms with Crippen LogP contribution in [0.2, 0.25) is 0 Å². The molecule has 1 N–H and O–H groups in total. The third kappa shape index (κ3) is 3.18. The fourth-order valence-electron chi connectivity index (χ4n) is 3.34. The van der Waals surface area contributed by atoms with Gasteiger partial charge in [0.2, 0.25) is 0 Å². The van der Waals surface area contributed by atoms with Gasteiger partial charge < -0.3 is 9.84 Å². The predicted octanol–water partition coefficient (Wildman–Crippen LogP) is 4.01. The maximum Gasteiger partial charge on any atom is 0.108 e. The molecule has 1 aliphatic carbocycles. The van der Waals surface area contributed by atoms with E-state index in [9.17, 15) is 5.11 Å². The maximum atomic E-state index is 10.8. The van der Waals surface area contributed by atoms with Gasteiger partial charge in [0.15, 0.2) is 0 Å². The van der Waals surface area contributed by atoms with Crippen molar-refractivity contribution in [3.8, 4) is 0 Å². The van der Waals surface area contributed by atoms with Crippen LogP contribution in [-0.4, -0.2) is 17.3 Å². The van der Waals surface area contributed by atoms with E-state index < -0.39 is 6.10 Å². The Morgan fingerprint density at radius 2 is 2.05 bits per heavy atom. The molecule has 2 rings (SSSR count). The van der Waals surface area contributed by atoms with Crippen LogP contribution >= 0.6 is 0 Å². The predicted molar refractivity (Wildman–Crippen MR) is 78.1 cm³/mol. The summed E-state index contributed by atoms with van der Waals surface area (Å²) in [5.41, 5.74) is 1.81. The van der Waals surface area contributed by atoms with Gasteiger partial charge in [0, 0.05) is 6.61 Å². The van der Waals surface area contributed by atoms with Crippen molar-refractivity contribution in [1.82, 2.24) is 0 Å². The number of ether oxygens (including phenoxy) is 1. The van der Waals surface area contributed by atoms with Gasteiger partial charge in [-0.1, -0.05) is 49.6 Å². The minimum atomic E-state index is -0.518. The summed E-state index contributed by atoms with van der Waals surface area (Å²) in [5, 5.41) is 10.8. The molecule has 3 atom stereocenters. The summed E-state index contributed by atoms with van der Waals surface area (Å²) in [6, 6.07) is 8.18. The zero-order chi connectivity index (χ0) is 13.9. The molecule has 19 heavy (non-hydrogen) atoms. The van der Waals surface area contributed by atoms with E-state index in [2.05, 4.69) is 26.0 Å². The lowest BCUT2D eigenvalue weighted by molar-refractivity contribution is -0.150. The first-order chi connectivity index (χ1) is 9.07. The minimum absolute atomic E-state index is 0.387. The van der Waals surface area contributed by atoms with Crippen LogP contribution in [0, 0.1) is 12.8 Å². The molecule has 2 nitrogen and oxygen atoms in total. The van der Waals surface area contributed by atoms with Crippen molar-refractivity contribution in [2.45, 2.75) is 58.2 Å². The van der Waals surface area contributed by atoms with Crippen LogP contribution in [0.15, 0.2) is 24.3 Å². The number of rotatable bonds is 4. The van der Waals surface area contributed by atoms with Crippen LogP contribution in [0.3, 0.4) is 0 Å². The second-order valence-corrected chi connectivity index (χ2v) is 6.01. The zero-order valence-electron chi connectivity index (χ0n) is 12.4. The standard InChI is InChI=1S/C17H26O2/c1-4-19-17(11-5-6-14(3)12-17)16(18)15-9-7-13(2)8-10-15/h7-10,14,16,18H,4-6,11-12H2,1-3H3. The lowest BCUT2D eigenvalue weighted by Gasteiger charge is -2.43. The van der Waals surface area contributed by atoms with Crippen molar-refractivity contribution in [3.05, 3.63) is 35.4 Å². The van der Waals surface area contributed by atoms with Crippen LogP contribution in [0.1, 0.15) is 56.8 Å². The van der Waals surface area contributed by atoms with Gasteiger partial charge in [0.25, 0.3) is 0 Å². The molecule has 0 bridgehead atoms. The molecule has 2 heteroatoms. The molecule has 0 aromatic heterocycles. The van der Waals surface area contributed by atoms with E-state index >= 15 is 0 Å². The first-order valence-corrected chi connectivity index (χ1v) is 7.46. The van der Waals surface area contributed by atoms with E-state index in [-0.39, 0.29) is 5.60 Å². The van der Waals surface area contributed by atoms with Gasteiger partial charge in [-0.3, -0.25) is 0 Å². The van der Waals surface area contributed by atoms with Crippen LogP contribution in [0.5, 0.6) is 0 Å². The Balaban J connectivity index is 2.24. The van der Waals surface area contributed by atoms with E-state index in [1.807, 2.05) is 19.1 Å². The highest BCUT2D eigenvalue weighted by Gasteiger charge is 2.42. The summed E-state index contributed by atoms with van der Waals surface area (Å²) in [4.78, 5) is 0. The average Bonchev–Trinajstić information content (AvgIpc) is 2.39. The molecular weight excluding hydrogens is 236 g/mol. The first-order valence-electron chi connectivity index (χ1n) is 7.46. The topological polar surface area (TPSA) is 29.5 Å². The Morgan fingerprint density at radius 3 is 2.63 bits per heavy atom. The van der Waals surface area contributed by atoms with Crippen LogP contribution in [0.25, 0.3) is 0 Å². The van der Waals surface area contributed by atoms with Crippen molar-refractivity contribution in [2.75, 3.05) is 6.61 Å². The van der Waals surface area contributed by atoms with E-state index in [1.54, 1.807) is 0 Å². The Hall–Kier alpha value is -0.860. The molecule has 0 aliphatic heterocycles. The van der Waals surface area contributed by atoms with E-state index in [0.29, 0.717) is 12.5 Å². The fraction of sp³-hybridized carbons (Fsp3) is 0.647. The largest absolute Gasteiger partial charge is 0.385 e. The lowest BCUT2D eigenvalue weighted by Crippen LogP contribution is -2.43. The monoisotopic (exact) mass is 262 g/mol. The van der Waals surface area contributed by atoms with Gasteiger partial charge in [0.1, 0.15) is 6.10 Å². The molecule has 1 aromatic rings. The summed E-state index contributed by atoms with van der Waals surface area (Å²) in [5.74, 6) is 0.625. The Morgan fingerprint density at radius 1 is 1.37 bits per heavy atom. The summed E-state index contributed by atoms with van der Waals surface area (Å²) >= 11 is 0. The van der Waals surface area contributed by atoms with Crippen LogP contribution < -0.4 is 0 Å². The zero-order valence-corrected chi connectivity index (χ0v) is 12.4. The second-order valence-electron chi connectivity index (χ2n) is 6.01. The maximum absolute atomic E-state index is 10.8. The summed E-state index contributed by atoms with van der Waals surface area (Å²) in [6.45, 7) is 7.00. The molecule has 0 heterocycles. The molecule has 1 aromatic carbocycles. The fourth-order valence-corrected chi connectivity index (χ4v) is 3.34. The second kappa shape index (κ2) is 6.06. The third-order valence-corrected chi connectivity index (χ3v) is 4.31. The van der Waals surface area contributed by atoms with Crippen LogP contribution in [-0.2, 0) is 4.74 Å². The van der Waals surface area contributed by atoms with Crippen LogP contribution in [0.4, 0.5) is 0 Å². The number of hydrogen-bond acceptors (Lipinski definition) is 2. The molecule has 3 unspecified atom stereocenters. The molecule has 0 amide bonds. The molecule has 0 radical (unpaired) electrons. The molecule has 1 fully saturated rings. The van der Waals surface area contributed by atoms with Gasteiger partial charge in [-0.2, -0.15) is 0 Å². The smallest absolute Gasteiger partial charge is 0.108 e. The molecule has 0 saturated heterocycles. The lowest BCUT2D eigenvalue weighted by atomic mass is 9.74. The highest BCUT2D eigenvalue weighted by Crippen LogP contribution is 2.43. The third-order valence-electron chi connectivity index (χ3n) is 4.31. The normalized spacial score (nSPS) is 29.2. The van der Waals surface area contributed by atoms with Gasteiger partial charge in [-0.25, -0.2) is 0 Å². The van der Waals surface area contributed by atoms with Gasteiger partial charge >= 0.3 is 0 Å². The highest BCUT2D eigenvalue weighted by atomic mass is 16.5. The average molecular weight is 262 g/mol. The quantitative estimate of drug-likeness (QED) is 0.888. The molecule has 0 spiro atoms. The first kappa shape index (κ1) is 14.5. The van der Waals surface area contributed by atoms with Crippen molar-refractivity contribution >= 4 is 0 Å². The number of benzene rings is 1. The highest BCUT2D eigenvalue weighted by molar-refractivity contribution is 5.25. The SMILES string of the molecule is CCOC1(C(O)c2ccc(C)cc2)CCCC(C)C1. The van der Waals surface area contributed by atoms with Gasteiger partial charge in [-0.15, -0.1) is 0 Å². The minimum Gasteiger partial charge on any atom is -0.385 e. The van der Waals surface area contributed by atoms with Gasteiger partial charge in [0.05, 0.1) is 5.60 Å². The summed E-state index contributed by atoms with van der Waals surface area (Å²) in [7, 11) is 0. The van der Waals surface area contributed by atoms with Crippen molar-refractivity contribution < 1.29 is 9.84 Å². The summed E-state index contributed by atoms with van der Waals surface area (Å²) in [6.07, 6.45) is 3.78. The van der Waals surface area contributed by atoms with Crippen molar-refractivity contribution in [3.63, 3.8) is 0 Å². The summed E-state index contributed by atoms with van der Waals surface area (Å²) < 4.78 is 6.04. The molecular formula is C17H26O2. The molecule has 1 saturated carbocycles. The number of hydrogen-bond donors (Lipinski definition) is 1. The van der Waals surface area contributed by atoms with E-state index in [1.165, 1.54) is 12.0 Å². The molecule has 106 valence electrons. The Bertz CT molecular complexity index is 394. The number of aryl methyl sites for hydroxylation is 1. The Labute approximate surface area is 116 Å². The van der Waals surface area contributed by atoms with Gasteiger partial charge in [-0.05, 0) is 38.2 Å². The Kier molecular flexibility index (Phi) is 4.64. The van der Waals surface area contributed by atoms with E-state index in [0.717, 1.165) is 24.8 Å².